The Labute approximate surface area is 62.5 Å². The molecule has 3 heteroatoms. The standard InChI is InChI=1S/C7H17NO2/c1-7(8)3-4-10-6-5-9-2/h7H,3-6,8H2,1-2H3/t7-/m1/s1. The second kappa shape index (κ2) is 6.99. The third-order valence-electron chi connectivity index (χ3n) is 1.15. The Morgan fingerprint density at radius 2 is 2.00 bits per heavy atom. The predicted molar refractivity (Wildman–Crippen MR) is 41.0 cm³/mol. The first-order chi connectivity index (χ1) is 4.77. The summed E-state index contributed by atoms with van der Waals surface area (Å²) in [6.07, 6.45) is 0.920. The summed E-state index contributed by atoms with van der Waals surface area (Å²) < 4.78 is 9.97. The van der Waals surface area contributed by atoms with Gasteiger partial charge in [-0.3, -0.25) is 0 Å². The van der Waals surface area contributed by atoms with E-state index >= 15 is 0 Å². The van der Waals surface area contributed by atoms with Crippen molar-refractivity contribution in [3.63, 3.8) is 0 Å². The van der Waals surface area contributed by atoms with Gasteiger partial charge < -0.3 is 15.2 Å². The number of hydrogen-bond acceptors (Lipinski definition) is 3. The molecule has 0 aromatic rings. The van der Waals surface area contributed by atoms with E-state index in [2.05, 4.69) is 0 Å². The highest BCUT2D eigenvalue weighted by atomic mass is 16.5. The van der Waals surface area contributed by atoms with Crippen LogP contribution < -0.4 is 5.73 Å². The van der Waals surface area contributed by atoms with Gasteiger partial charge in [-0.05, 0) is 13.3 Å². The number of hydrogen-bond donors (Lipinski definition) is 1. The first kappa shape index (κ1) is 9.88. The quantitative estimate of drug-likeness (QED) is 0.553. The molecule has 0 saturated carbocycles. The van der Waals surface area contributed by atoms with Gasteiger partial charge in [-0.1, -0.05) is 0 Å². The van der Waals surface area contributed by atoms with E-state index in [9.17, 15) is 0 Å². The smallest absolute Gasteiger partial charge is 0.0700 e. The molecule has 0 spiro atoms. The van der Waals surface area contributed by atoms with Crippen LogP contribution in [0.15, 0.2) is 0 Å². The molecule has 0 rings (SSSR count). The molecule has 0 aromatic heterocycles. The van der Waals surface area contributed by atoms with Crippen LogP contribution in [0.4, 0.5) is 0 Å². The van der Waals surface area contributed by atoms with E-state index in [1.165, 1.54) is 0 Å². The van der Waals surface area contributed by atoms with Gasteiger partial charge in [0.05, 0.1) is 13.2 Å². The minimum Gasteiger partial charge on any atom is -0.382 e. The topological polar surface area (TPSA) is 44.5 Å². The van der Waals surface area contributed by atoms with Gasteiger partial charge in [-0.15, -0.1) is 0 Å². The highest BCUT2D eigenvalue weighted by Gasteiger charge is 1.92. The van der Waals surface area contributed by atoms with Gasteiger partial charge in [0, 0.05) is 19.8 Å². The van der Waals surface area contributed by atoms with Crippen LogP contribution in [0.25, 0.3) is 0 Å². The lowest BCUT2D eigenvalue weighted by molar-refractivity contribution is 0.0678. The molecule has 3 nitrogen and oxygen atoms in total. The summed E-state index contributed by atoms with van der Waals surface area (Å²) in [6, 6.07) is 0.238. The van der Waals surface area contributed by atoms with E-state index in [0.717, 1.165) is 13.0 Å². The maximum Gasteiger partial charge on any atom is 0.0700 e. The van der Waals surface area contributed by atoms with E-state index in [1.54, 1.807) is 7.11 Å². The van der Waals surface area contributed by atoms with Crippen molar-refractivity contribution < 1.29 is 9.47 Å². The third kappa shape index (κ3) is 7.88. The monoisotopic (exact) mass is 147 g/mol. The fraction of sp³-hybridized carbons (Fsp3) is 1.00. The SMILES string of the molecule is COCCOCC[C@@H](C)N. The van der Waals surface area contributed by atoms with Gasteiger partial charge in [0.1, 0.15) is 0 Å². The van der Waals surface area contributed by atoms with Crippen molar-refractivity contribution in [1.29, 1.82) is 0 Å². The molecular formula is C7H17NO2. The summed E-state index contributed by atoms with van der Waals surface area (Å²) in [4.78, 5) is 0. The van der Waals surface area contributed by atoms with Crippen molar-refractivity contribution in [2.45, 2.75) is 19.4 Å². The van der Waals surface area contributed by atoms with Crippen molar-refractivity contribution in [2.75, 3.05) is 26.9 Å². The van der Waals surface area contributed by atoms with Gasteiger partial charge >= 0.3 is 0 Å². The van der Waals surface area contributed by atoms with Crippen molar-refractivity contribution in [3.05, 3.63) is 0 Å². The molecule has 2 N–H and O–H groups in total. The Morgan fingerprint density at radius 3 is 2.50 bits per heavy atom. The molecule has 0 amide bonds. The van der Waals surface area contributed by atoms with Crippen LogP contribution in [0.1, 0.15) is 13.3 Å². The van der Waals surface area contributed by atoms with Crippen LogP contribution in [0.2, 0.25) is 0 Å². The third-order valence-corrected chi connectivity index (χ3v) is 1.15. The number of ether oxygens (including phenoxy) is 2. The fourth-order valence-electron chi connectivity index (χ4n) is 0.514. The molecule has 0 unspecified atom stereocenters. The summed E-state index contributed by atoms with van der Waals surface area (Å²) in [6.45, 7) is 4.04. The Hall–Kier alpha value is -0.120. The largest absolute Gasteiger partial charge is 0.382 e. The molecule has 0 bridgehead atoms. The first-order valence-corrected chi connectivity index (χ1v) is 3.59. The average Bonchev–Trinajstić information content (AvgIpc) is 1.87. The molecule has 0 radical (unpaired) electrons. The van der Waals surface area contributed by atoms with E-state index < -0.39 is 0 Å². The van der Waals surface area contributed by atoms with Gasteiger partial charge in [-0.25, -0.2) is 0 Å². The van der Waals surface area contributed by atoms with E-state index in [0.29, 0.717) is 13.2 Å². The van der Waals surface area contributed by atoms with Crippen molar-refractivity contribution >= 4 is 0 Å². The molecular weight excluding hydrogens is 130 g/mol. The highest BCUT2D eigenvalue weighted by Crippen LogP contribution is 1.86. The van der Waals surface area contributed by atoms with Crippen LogP contribution in [0.5, 0.6) is 0 Å². The Bertz CT molecular complexity index is 66.6. The second-order valence-corrected chi connectivity index (χ2v) is 2.37. The maximum atomic E-state index is 5.50. The molecule has 0 saturated heterocycles. The van der Waals surface area contributed by atoms with Crippen LogP contribution in [-0.2, 0) is 9.47 Å². The van der Waals surface area contributed by atoms with Gasteiger partial charge in [-0.2, -0.15) is 0 Å². The molecule has 0 aromatic carbocycles. The van der Waals surface area contributed by atoms with Gasteiger partial charge in [0.25, 0.3) is 0 Å². The van der Waals surface area contributed by atoms with E-state index in [-0.39, 0.29) is 6.04 Å². The van der Waals surface area contributed by atoms with Gasteiger partial charge in [0.15, 0.2) is 0 Å². The molecule has 62 valence electrons. The summed E-state index contributed by atoms with van der Waals surface area (Å²) >= 11 is 0. The lowest BCUT2D eigenvalue weighted by atomic mass is 10.3. The lowest BCUT2D eigenvalue weighted by Gasteiger charge is -2.05. The van der Waals surface area contributed by atoms with Crippen molar-refractivity contribution in [2.24, 2.45) is 5.73 Å². The van der Waals surface area contributed by atoms with Crippen LogP contribution in [-0.4, -0.2) is 33.0 Å². The normalized spacial score (nSPS) is 13.5. The van der Waals surface area contributed by atoms with Crippen molar-refractivity contribution in [1.82, 2.24) is 0 Å². The average molecular weight is 147 g/mol. The minimum atomic E-state index is 0.238. The molecule has 0 aliphatic carbocycles. The van der Waals surface area contributed by atoms with Crippen LogP contribution >= 0.6 is 0 Å². The van der Waals surface area contributed by atoms with Crippen LogP contribution in [0.3, 0.4) is 0 Å². The summed E-state index contributed by atoms with van der Waals surface area (Å²) in [5, 5.41) is 0. The molecule has 0 aliphatic heterocycles. The zero-order chi connectivity index (χ0) is 7.82. The lowest BCUT2D eigenvalue weighted by Crippen LogP contribution is -2.17. The molecule has 0 fully saturated rings. The molecule has 1 atom stereocenters. The number of nitrogens with two attached hydrogens (primary N) is 1. The zero-order valence-electron chi connectivity index (χ0n) is 6.80. The van der Waals surface area contributed by atoms with E-state index in [4.69, 9.17) is 15.2 Å². The second-order valence-electron chi connectivity index (χ2n) is 2.37. The fourth-order valence-corrected chi connectivity index (χ4v) is 0.514. The highest BCUT2D eigenvalue weighted by molar-refractivity contribution is 4.50. The van der Waals surface area contributed by atoms with Gasteiger partial charge in [0.2, 0.25) is 0 Å². The Morgan fingerprint density at radius 1 is 1.30 bits per heavy atom. The Kier molecular flexibility index (Phi) is 6.91. The summed E-state index contributed by atoms with van der Waals surface area (Å²) in [7, 11) is 1.66. The van der Waals surface area contributed by atoms with Crippen LogP contribution in [0, 0.1) is 0 Å². The zero-order valence-corrected chi connectivity index (χ0v) is 6.80. The van der Waals surface area contributed by atoms with E-state index in [1.807, 2.05) is 6.92 Å². The number of rotatable bonds is 6. The minimum absolute atomic E-state index is 0.238. The summed E-state index contributed by atoms with van der Waals surface area (Å²) in [5.41, 5.74) is 5.50. The number of methoxy groups -OCH3 is 1. The predicted octanol–water partition coefficient (Wildman–Crippen LogP) is 0.387. The molecule has 0 heterocycles. The maximum absolute atomic E-state index is 5.50. The molecule has 0 aliphatic rings. The van der Waals surface area contributed by atoms with Crippen molar-refractivity contribution in [3.8, 4) is 0 Å². The first-order valence-electron chi connectivity index (χ1n) is 3.59. The summed E-state index contributed by atoms with van der Waals surface area (Å²) in [5.74, 6) is 0. The Balaban J connectivity index is 2.77. The molecule has 10 heavy (non-hydrogen) atoms.